The molecule has 1 aromatic rings. The summed E-state index contributed by atoms with van der Waals surface area (Å²) in [6.45, 7) is 1.81. The van der Waals surface area contributed by atoms with E-state index in [1.807, 2.05) is 6.92 Å². The van der Waals surface area contributed by atoms with Crippen LogP contribution in [0.3, 0.4) is 0 Å². The molecule has 1 atom stereocenters. The average molecular weight is 273 g/mol. The molecular formula is C11H10Cl2N2O2. The Labute approximate surface area is 108 Å². The highest BCUT2D eigenvalue weighted by molar-refractivity contribution is 6.38. The van der Waals surface area contributed by atoms with E-state index < -0.39 is 6.04 Å². The first-order valence-electron chi connectivity index (χ1n) is 5.13. The van der Waals surface area contributed by atoms with Crippen LogP contribution in [0.2, 0.25) is 10.0 Å². The molecule has 0 saturated carbocycles. The lowest BCUT2D eigenvalue weighted by molar-refractivity contribution is -0.117. The van der Waals surface area contributed by atoms with E-state index in [9.17, 15) is 9.59 Å². The fourth-order valence-electron chi connectivity index (χ4n) is 1.68. The second kappa shape index (κ2) is 4.55. The summed E-state index contributed by atoms with van der Waals surface area (Å²) in [4.78, 5) is 23.7. The summed E-state index contributed by atoms with van der Waals surface area (Å²) in [6.07, 6.45) is 0.511. The van der Waals surface area contributed by atoms with Gasteiger partial charge in [0.05, 0.1) is 16.3 Å². The number of nitrogens with one attached hydrogen (secondary N) is 2. The van der Waals surface area contributed by atoms with Crippen molar-refractivity contribution in [1.82, 2.24) is 5.32 Å². The number of rotatable bonds is 1. The minimum absolute atomic E-state index is 0.257. The molecule has 1 aliphatic rings. The first-order valence-corrected chi connectivity index (χ1v) is 5.89. The fraction of sp³-hybridized carbons (Fsp3) is 0.273. The summed E-state index contributed by atoms with van der Waals surface area (Å²) in [7, 11) is 0. The second-order valence-corrected chi connectivity index (χ2v) is 4.58. The van der Waals surface area contributed by atoms with Crippen LogP contribution < -0.4 is 10.6 Å². The zero-order valence-electron chi connectivity index (χ0n) is 9.01. The molecule has 1 aromatic carbocycles. The van der Waals surface area contributed by atoms with Crippen molar-refractivity contribution in [3.8, 4) is 0 Å². The van der Waals surface area contributed by atoms with Gasteiger partial charge in [-0.1, -0.05) is 30.1 Å². The Bertz CT molecular complexity index is 502. The maximum absolute atomic E-state index is 11.9. The summed E-state index contributed by atoms with van der Waals surface area (Å²) in [6, 6.07) is 2.42. The standard InChI is InChI=1S/C11H10Cl2N2O2/c1-2-8-11(17)15-9-6(10(16)14-8)3-5(12)4-7(9)13/h3-4,8H,2H2,1H3,(H,14,16)(H,15,17). The first kappa shape index (κ1) is 12.2. The number of carbonyl (C=O) groups is 2. The van der Waals surface area contributed by atoms with E-state index in [0.717, 1.165) is 0 Å². The molecule has 2 amide bonds. The molecule has 17 heavy (non-hydrogen) atoms. The predicted molar refractivity (Wildman–Crippen MR) is 66.6 cm³/mol. The van der Waals surface area contributed by atoms with Crippen LogP contribution in [-0.4, -0.2) is 17.9 Å². The predicted octanol–water partition coefficient (Wildman–Crippen LogP) is 2.45. The molecule has 0 radical (unpaired) electrons. The Morgan fingerprint density at radius 3 is 2.65 bits per heavy atom. The maximum Gasteiger partial charge on any atom is 0.254 e. The molecule has 2 N–H and O–H groups in total. The van der Waals surface area contributed by atoms with E-state index in [0.29, 0.717) is 17.1 Å². The number of benzene rings is 1. The molecule has 2 rings (SSSR count). The van der Waals surface area contributed by atoms with E-state index in [4.69, 9.17) is 23.2 Å². The van der Waals surface area contributed by atoms with E-state index in [1.165, 1.54) is 12.1 Å². The molecule has 90 valence electrons. The van der Waals surface area contributed by atoms with Crippen molar-refractivity contribution in [3.05, 3.63) is 27.7 Å². The smallest absolute Gasteiger partial charge is 0.254 e. The number of hydrogen-bond acceptors (Lipinski definition) is 2. The SMILES string of the molecule is CCC1NC(=O)c2cc(Cl)cc(Cl)c2NC1=O. The van der Waals surface area contributed by atoms with Crippen molar-refractivity contribution in [2.75, 3.05) is 5.32 Å². The van der Waals surface area contributed by atoms with Crippen molar-refractivity contribution in [3.63, 3.8) is 0 Å². The highest BCUT2D eigenvalue weighted by Crippen LogP contribution is 2.31. The summed E-state index contributed by atoms with van der Waals surface area (Å²) < 4.78 is 0. The van der Waals surface area contributed by atoms with Crippen molar-refractivity contribution < 1.29 is 9.59 Å². The van der Waals surface area contributed by atoms with Gasteiger partial charge in [-0.25, -0.2) is 0 Å². The average Bonchev–Trinajstić information content (AvgIpc) is 2.38. The second-order valence-electron chi connectivity index (χ2n) is 3.73. The molecule has 1 aliphatic heterocycles. The van der Waals surface area contributed by atoms with Crippen LogP contribution in [0.1, 0.15) is 23.7 Å². The molecule has 6 heteroatoms. The molecule has 1 unspecified atom stereocenters. The van der Waals surface area contributed by atoms with Crippen LogP contribution in [0.25, 0.3) is 0 Å². The van der Waals surface area contributed by atoms with Gasteiger partial charge in [-0.15, -0.1) is 0 Å². The maximum atomic E-state index is 11.9. The number of fused-ring (bicyclic) bond motifs is 1. The van der Waals surface area contributed by atoms with Crippen molar-refractivity contribution in [2.45, 2.75) is 19.4 Å². The summed E-state index contributed by atoms with van der Waals surface area (Å²) in [5.74, 6) is -0.626. The van der Waals surface area contributed by atoms with Crippen LogP contribution in [-0.2, 0) is 4.79 Å². The summed E-state index contributed by atoms with van der Waals surface area (Å²) >= 11 is 11.8. The van der Waals surface area contributed by atoms with Crippen LogP contribution in [0.5, 0.6) is 0 Å². The number of hydrogen-bond donors (Lipinski definition) is 2. The molecule has 0 bridgehead atoms. The Morgan fingerprint density at radius 2 is 2.00 bits per heavy atom. The lowest BCUT2D eigenvalue weighted by Gasteiger charge is -2.11. The zero-order chi connectivity index (χ0) is 12.6. The number of carbonyl (C=O) groups excluding carboxylic acids is 2. The zero-order valence-corrected chi connectivity index (χ0v) is 10.5. The van der Waals surface area contributed by atoms with Gasteiger partial charge in [-0.2, -0.15) is 0 Å². The molecule has 1 heterocycles. The summed E-state index contributed by atoms with van der Waals surface area (Å²) in [5, 5.41) is 5.87. The van der Waals surface area contributed by atoms with Gasteiger partial charge in [-0.05, 0) is 18.6 Å². The van der Waals surface area contributed by atoms with Gasteiger partial charge in [0.1, 0.15) is 6.04 Å². The lowest BCUT2D eigenvalue weighted by atomic mass is 10.1. The van der Waals surface area contributed by atoms with Crippen LogP contribution >= 0.6 is 23.2 Å². The van der Waals surface area contributed by atoms with Gasteiger partial charge in [0.2, 0.25) is 5.91 Å². The fourth-order valence-corrected chi connectivity index (χ4v) is 2.22. The van der Waals surface area contributed by atoms with Gasteiger partial charge in [0.25, 0.3) is 5.91 Å². The Hall–Kier alpha value is -1.26. The molecule has 0 aliphatic carbocycles. The lowest BCUT2D eigenvalue weighted by Crippen LogP contribution is -2.40. The van der Waals surface area contributed by atoms with E-state index in [1.54, 1.807) is 0 Å². The molecule has 0 aromatic heterocycles. The van der Waals surface area contributed by atoms with Crippen LogP contribution in [0.4, 0.5) is 5.69 Å². The highest BCUT2D eigenvalue weighted by Gasteiger charge is 2.28. The van der Waals surface area contributed by atoms with E-state index in [2.05, 4.69) is 10.6 Å². The van der Waals surface area contributed by atoms with Crippen LogP contribution in [0, 0.1) is 0 Å². The minimum Gasteiger partial charge on any atom is -0.340 e. The first-order chi connectivity index (χ1) is 8.02. The molecule has 0 fully saturated rings. The quantitative estimate of drug-likeness (QED) is 0.825. The molecule has 0 spiro atoms. The topological polar surface area (TPSA) is 58.2 Å². The Balaban J connectivity index is 2.53. The van der Waals surface area contributed by atoms with E-state index in [-0.39, 0.29) is 22.4 Å². The third kappa shape index (κ3) is 2.23. The largest absolute Gasteiger partial charge is 0.340 e. The van der Waals surface area contributed by atoms with Crippen LogP contribution in [0.15, 0.2) is 12.1 Å². The number of anilines is 1. The molecule has 0 saturated heterocycles. The molecule has 4 nitrogen and oxygen atoms in total. The summed E-state index contributed by atoms with van der Waals surface area (Å²) in [5.41, 5.74) is 0.598. The Morgan fingerprint density at radius 1 is 1.29 bits per heavy atom. The number of amides is 2. The third-order valence-corrected chi connectivity index (χ3v) is 3.09. The monoisotopic (exact) mass is 272 g/mol. The van der Waals surface area contributed by atoms with Gasteiger partial charge in [-0.3, -0.25) is 9.59 Å². The number of halogens is 2. The molecular weight excluding hydrogens is 263 g/mol. The Kier molecular flexibility index (Phi) is 3.26. The van der Waals surface area contributed by atoms with Gasteiger partial charge < -0.3 is 10.6 Å². The van der Waals surface area contributed by atoms with Crippen molar-refractivity contribution in [1.29, 1.82) is 0 Å². The van der Waals surface area contributed by atoms with Crippen molar-refractivity contribution in [2.24, 2.45) is 0 Å². The normalized spacial score (nSPS) is 19.1. The van der Waals surface area contributed by atoms with Gasteiger partial charge in [0, 0.05) is 5.02 Å². The van der Waals surface area contributed by atoms with Gasteiger partial charge >= 0.3 is 0 Å². The van der Waals surface area contributed by atoms with Gasteiger partial charge in [0.15, 0.2) is 0 Å². The minimum atomic E-state index is -0.551. The third-order valence-electron chi connectivity index (χ3n) is 2.58. The highest BCUT2D eigenvalue weighted by atomic mass is 35.5. The van der Waals surface area contributed by atoms with E-state index >= 15 is 0 Å². The van der Waals surface area contributed by atoms with Crippen molar-refractivity contribution >= 4 is 40.7 Å².